The number of rotatable bonds is 6. The highest BCUT2D eigenvalue weighted by molar-refractivity contribution is 6.43. The van der Waals surface area contributed by atoms with E-state index in [1.165, 1.54) is 42.6 Å². The molecule has 0 aliphatic carbocycles. The van der Waals surface area contributed by atoms with Crippen molar-refractivity contribution < 1.29 is 18.8 Å². The van der Waals surface area contributed by atoms with E-state index in [1.807, 2.05) is 0 Å². The van der Waals surface area contributed by atoms with Crippen molar-refractivity contribution in [1.29, 1.82) is 0 Å². The molecule has 3 rings (SSSR count). The van der Waals surface area contributed by atoms with Gasteiger partial charge in [-0.3, -0.25) is 14.4 Å². The van der Waals surface area contributed by atoms with E-state index in [2.05, 4.69) is 21.2 Å². The van der Waals surface area contributed by atoms with E-state index in [-0.39, 0.29) is 22.2 Å². The van der Waals surface area contributed by atoms with E-state index in [9.17, 15) is 14.4 Å². The number of nitrogens with zero attached hydrogens (tertiary/aromatic N) is 1. The molecule has 3 amide bonds. The molecule has 170 valence electrons. The van der Waals surface area contributed by atoms with Crippen LogP contribution in [-0.2, 0) is 16.1 Å². The third-order valence-corrected chi connectivity index (χ3v) is 5.31. The van der Waals surface area contributed by atoms with Crippen molar-refractivity contribution in [3.8, 4) is 0 Å². The maximum atomic E-state index is 12.1. The van der Waals surface area contributed by atoms with Gasteiger partial charge in [0.05, 0.1) is 33.4 Å². The molecule has 0 atom stereocenters. The molecule has 0 aliphatic heterocycles. The van der Waals surface area contributed by atoms with Crippen molar-refractivity contribution in [2.75, 3.05) is 5.32 Å². The number of amides is 3. The Kier molecular flexibility index (Phi) is 8.35. The number of hydrazone groups is 1. The minimum Gasteiger partial charge on any atom is -0.458 e. The average molecular weight is 528 g/mol. The number of furan rings is 1. The first kappa shape index (κ1) is 24.6. The standard InChI is InChI=1S/C21H14Cl4N4O4/c22-11-1-5-15(17(24)7-11)19(30)29-27-10-14-4-3-13(33-14)9-26-20(31)21(32)28-12-2-6-16(23)18(25)8-12/h1-8,10H,9H2,(H,26,31)(H,28,32)(H,29,30). The molecule has 8 nitrogen and oxygen atoms in total. The summed E-state index contributed by atoms with van der Waals surface area (Å²) in [4.78, 5) is 36.1. The highest BCUT2D eigenvalue weighted by atomic mass is 35.5. The van der Waals surface area contributed by atoms with E-state index < -0.39 is 17.7 Å². The molecule has 0 saturated heterocycles. The SMILES string of the molecule is O=C(NCc1ccc(C=NNC(=O)c2ccc(Cl)cc2Cl)o1)C(=O)Nc1ccc(Cl)c(Cl)c1. The van der Waals surface area contributed by atoms with Gasteiger partial charge in [-0.25, -0.2) is 5.43 Å². The van der Waals surface area contributed by atoms with Crippen molar-refractivity contribution in [2.24, 2.45) is 5.10 Å². The summed E-state index contributed by atoms with van der Waals surface area (Å²) in [7, 11) is 0. The fraction of sp³-hybridized carbons (Fsp3) is 0.0476. The van der Waals surface area contributed by atoms with Crippen LogP contribution in [0.2, 0.25) is 20.1 Å². The number of carbonyl (C=O) groups excluding carboxylic acids is 3. The van der Waals surface area contributed by atoms with Crippen LogP contribution < -0.4 is 16.1 Å². The molecule has 0 aliphatic rings. The Morgan fingerprint density at radius 3 is 2.39 bits per heavy atom. The molecule has 0 bridgehead atoms. The second-order valence-electron chi connectivity index (χ2n) is 6.39. The fourth-order valence-corrected chi connectivity index (χ4v) is 3.25. The molecule has 1 aromatic heterocycles. The van der Waals surface area contributed by atoms with Crippen molar-refractivity contribution >= 4 is 76.0 Å². The monoisotopic (exact) mass is 526 g/mol. The lowest BCUT2D eigenvalue weighted by atomic mass is 10.2. The van der Waals surface area contributed by atoms with Gasteiger partial charge in [0.25, 0.3) is 5.91 Å². The molecule has 12 heteroatoms. The zero-order valence-corrected chi connectivity index (χ0v) is 19.5. The minimum absolute atomic E-state index is 0.0474. The Labute approximate surface area is 207 Å². The van der Waals surface area contributed by atoms with Gasteiger partial charge < -0.3 is 15.1 Å². The quantitative estimate of drug-likeness (QED) is 0.240. The van der Waals surface area contributed by atoms with Crippen LogP contribution in [-0.4, -0.2) is 23.9 Å². The number of hydrogen-bond acceptors (Lipinski definition) is 5. The fourth-order valence-electron chi connectivity index (χ4n) is 2.46. The molecule has 0 unspecified atom stereocenters. The normalized spacial score (nSPS) is 10.8. The molecular formula is C21H14Cl4N4O4. The first-order chi connectivity index (χ1) is 15.7. The largest absolute Gasteiger partial charge is 0.458 e. The minimum atomic E-state index is -0.884. The molecule has 0 spiro atoms. The van der Waals surface area contributed by atoms with Crippen LogP contribution in [0.5, 0.6) is 0 Å². The van der Waals surface area contributed by atoms with Crippen molar-refractivity contribution in [2.45, 2.75) is 6.54 Å². The van der Waals surface area contributed by atoms with E-state index >= 15 is 0 Å². The van der Waals surface area contributed by atoms with Crippen LogP contribution in [0.1, 0.15) is 21.9 Å². The molecule has 33 heavy (non-hydrogen) atoms. The molecule has 3 aromatic rings. The topological polar surface area (TPSA) is 113 Å². The maximum absolute atomic E-state index is 12.1. The Balaban J connectivity index is 1.48. The van der Waals surface area contributed by atoms with Gasteiger partial charge in [-0.15, -0.1) is 0 Å². The van der Waals surface area contributed by atoms with Crippen molar-refractivity contribution in [3.05, 3.63) is 85.7 Å². The van der Waals surface area contributed by atoms with Gasteiger partial charge >= 0.3 is 11.8 Å². The van der Waals surface area contributed by atoms with Crippen LogP contribution in [0.15, 0.2) is 58.0 Å². The summed E-state index contributed by atoms with van der Waals surface area (Å²) in [6.07, 6.45) is 1.27. The lowest BCUT2D eigenvalue weighted by Gasteiger charge is -2.06. The highest BCUT2D eigenvalue weighted by Gasteiger charge is 2.15. The summed E-state index contributed by atoms with van der Waals surface area (Å²) in [6.45, 7) is -0.0474. The zero-order valence-electron chi connectivity index (χ0n) is 16.5. The molecule has 2 aromatic carbocycles. The summed E-state index contributed by atoms with van der Waals surface area (Å²) in [6, 6.07) is 12.0. The van der Waals surface area contributed by atoms with Gasteiger partial charge in [0.1, 0.15) is 11.5 Å². The molecule has 0 saturated carbocycles. The molecule has 1 heterocycles. The predicted molar refractivity (Wildman–Crippen MR) is 127 cm³/mol. The summed E-state index contributed by atoms with van der Waals surface area (Å²) in [5.41, 5.74) is 2.85. The Morgan fingerprint density at radius 2 is 1.67 bits per heavy atom. The third-order valence-electron chi connectivity index (χ3n) is 4.02. The maximum Gasteiger partial charge on any atom is 0.313 e. The lowest BCUT2D eigenvalue weighted by molar-refractivity contribution is -0.136. The first-order valence-electron chi connectivity index (χ1n) is 9.14. The number of benzene rings is 2. The van der Waals surface area contributed by atoms with E-state index in [4.69, 9.17) is 50.8 Å². The summed E-state index contributed by atoms with van der Waals surface area (Å²) < 4.78 is 5.47. The van der Waals surface area contributed by atoms with Gasteiger partial charge in [-0.1, -0.05) is 46.4 Å². The second-order valence-corrected chi connectivity index (χ2v) is 8.05. The van der Waals surface area contributed by atoms with Crippen LogP contribution in [0, 0.1) is 0 Å². The van der Waals surface area contributed by atoms with Crippen molar-refractivity contribution in [3.63, 3.8) is 0 Å². The van der Waals surface area contributed by atoms with Crippen LogP contribution in [0.4, 0.5) is 5.69 Å². The Morgan fingerprint density at radius 1 is 0.879 bits per heavy atom. The number of hydrogen-bond donors (Lipinski definition) is 3. The number of anilines is 1. The third kappa shape index (κ3) is 6.97. The molecular weight excluding hydrogens is 514 g/mol. The lowest BCUT2D eigenvalue weighted by Crippen LogP contribution is -2.34. The summed E-state index contributed by atoms with van der Waals surface area (Å²) in [5.74, 6) is -1.62. The van der Waals surface area contributed by atoms with E-state index in [1.54, 1.807) is 12.1 Å². The van der Waals surface area contributed by atoms with E-state index in [0.29, 0.717) is 27.3 Å². The average Bonchev–Trinajstić information content (AvgIpc) is 3.22. The smallest absolute Gasteiger partial charge is 0.313 e. The second kappa shape index (κ2) is 11.2. The van der Waals surface area contributed by atoms with E-state index in [0.717, 1.165) is 0 Å². The molecule has 0 fully saturated rings. The van der Waals surface area contributed by atoms with Crippen molar-refractivity contribution in [1.82, 2.24) is 10.7 Å². The van der Waals surface area contributed by atoms with Gasteiger partial charge in [-0.05, 0) is 48.5 Å². The zero-order chi connectivity index (χ0) is 24.0. The van der Waals surface area contributed by atoms with Crippen LogP contribution in [0.3, 0.4) is 0 Å². The van der Waals surface area contributed by atoms with Crippen LogP contribution in [0.25, 0.3) is 0 Å². The summed E-state index contributed by atoms with van der Waals surface area (Å²) >= 11 is 23.5. The molecule has 0 radical (unpaired) electrons. The van der Waals surface area contributed by atoms with Crippen LogP contribution >= 0.6 is 46.4 Å². The Hall–Kier alpha value is -3.04. The summed E-state index contributed by atoms with van der Waals surface area (Å²) in [5, 5.41) is 9.79. The Bertz CT molecular complexity index is 1240. The van der Waals surface area contributed by atoms with Gasteiger partial charge in [-0.2, -0.15) is 5.10 Å². The molecule has 3 N–H and O–H groups in total. The highest BCUT2D eigenvalue weighted by Crippen LogP contribution is 2.25. The van der Waals surface area contributed by atoms with Gasteiger partial charge in [0.2, 0.25) is 0 Å². The number of halogens is 4. The van der Waals surface area contributed by atoms with Gasteiger partial charge in [0.15, 0.2) is 0 Å². The van der Waals surface area contributed by atoms with Gasteiger partial charge in [0, 0.05) is 10.7 Å². The predicted octanol–water partition coefficient (Wildman–Crippen LogP) is 4.91. The first-order valence-corrected chi connectivity index (χ1v) is 10.7. The number of nitrogens with one attached hydrogen (secondary N) is 3. The number of carbonyl (C=O) groups is 3.